The Bertz CT molecular complexity index is 472. The quantitative estimate of drug-likeness (QED) is 0.774. The highest BCUT2D eigenvalue weighted by Gasteiger charge is 2.17. The SMILES string of the molecule is C=CC(CCCC)C1=NNC=Cc2ccccc21. The van der Waals surface area contributed by atoms with Crippen molar-refractivity contribution in [1.82, 2.24) is 5.43 Å². The molecule has 0 fully saturated rings. The van der Waals surface area contributed by atoms with E-state index in [-0.39, 0.29) is 0 Å². The van der Waals surface area contributed by atoms with E-state index < -0.39 is 0 Å². The standard InChI is InChI=1S/C16H20N2/c1-3-5-8-13(4-2)16-15-10-7-6-9-14(15)11-12-17-18-16/h4,6-7,9-13,17H,2-3,5,8H2,1H3. The number of fused-ring (bicyclic) bond motifs is 1. The van der Waals surface area contributed by atoms with E-state index in [1.165, 1.54) is 24.0 Å². The lowest BCUT2D eigenvalue weighted by atomic mass is 9.90. The Morgan fingerprint density at radius 3 is 3.00 bits per heavy atom. The molecule has 1 aromatic rings. The Morgan fingerprint density at radius 2 is 2.22 bits per heavy atom. The number of allylic oxidation sites excluding steroid dienone is 1. The lowest BCUT2D eigenvalue weighted by Gasteiger charge is -2.16. The van der Waals surface area contributed by atoms with Gasteiger partial charge in [0.2, 0.25) is 0 Å². The van der Waals surface area contributed by atoms with Crippen LogP contribution in [-0.4, -0.2) is 5.71 Å². The summed E-state index contributed by atoms with van der Waals surface area (Å²) in [5.41, 5.74) is 6.51. The van der Waals surface area contributed by atoms with Crippen LogP contribution in [0.1, 0.15) is 37.3 Å². The van der Waals surface area contributed by atoms with Crippen molar-refractivity contribution in [3.05, 3.63) is 54.2 Å². The first-order valence-corrected chi connectivity index (χ1v) is 6.58. The molecule has 1 unspecified atom stereocenters. The van der Waals surface area contributed by atoms with Crippen LogP contribution in [0.25, 0.3) is 6.08 Å². The number of hydrazone groups is 1. The second-order valence-electron chi connectivity index (χ2n) is 4.53. The predicted octanol–water partition coefficient (Wildman–Crippen LogP) is 3.96. The fourth-order valence-electron chi connectivity index (χ4n) is 2.24. The van der Waals surface area contributed by atoms with E-state index in [2.05, 4.69) is 54.4 Å². The largest absolute Gasteiger partial charge is 0.285 e. The van der Waals surface area contributed by atoms with Crippen LogP contribution in [0.15, 0.2) is 48.2 Å². The average Bonchev–Trinajstić information content (AvgIpc) is 2.63. The molecule has 1 aliphatic heterocycles. The highest BCUT2D eigenvalue weighted by Crippen LogP contribution is 2.22. The van der Waals surface area contributed by atoms with Crippen LogP contribution in [0.3, 0.4) is 0 Å². The molecule has 1 N–H and O–H groups in total. The second kappa shape index (κ2) is 6.20. The zero-order chi connectivity index (χ0) is 12.8. The molecule has 94 valence electrons. The normalized spacial score (nSPS) is 15.1. The molecule has 0 spiro atoms. The molecule has 0 saturated carbocycles. The summed E-state index contributed by atoms with van der Waals surface area (Å²) in [7, 11) is 0. The number of benzene rings is 1. The van der Waals surface area contributed by atoms with Gasteiger partial charge in [0.25, 0.3) is 0 Å². The lowest BCUT2D eigenvalue weighted by molar-refractivity contribution is 0.662. The van der Waals surface area contributed by atoms with E-state index in [1.54, 1.807) is 0 Å². The summed E-state index contributed by atoms with van der Waals surface area (Å²) >= 11 is 0. The van der Waals surface area contributed by atoms with Crippen molar-refractivity contribution in [3.63, 3.8) is 0 Å². The number of hydrogen-bond donors (Lipinski definition) is 1. The highest BCUT2D eigenvalue weighted by atomic mass is 15.3. The Balaban J connectivity index is 2.33. The summed E-state index contributed by atoms with van der Waals surface area (Å²) in [4.78, 5) is 0. The first-order valence-electron chi connectivity index (χ1n) is 6.58. The summed E-state index contributed by atoms with van der Waals surface area (Å²) in [5.74, 6) is 0.318. The van der Waals surface area contributed by atoms with E-state index >= 15 is 0 Å². The summed E-state index contributed by atoms with van der Waals surface area (Å²) in [5, 5.41) is 4.50. The molecule has 18 heavy (non-hydrogen) atoms. The zero-order valence-corrected chi connectivity index (χ0v) is 10.9. The maximum absolute atomic E-state index is 4.50. The van der Waals surface area contributed by atoms with Crippen LogP contribution in [0.2, 0.25) is 0 Å². The average molecular weight is 240 g/mol. The van der Waals surface area contributed by atoms with Crippen molar-refractivity contribution in [2.24, 2.45) is 11.0 Å². The van der Waals surface area contributed by atoms with Crippen LogP contribution in [-0.2, 0) is 0 Å². The van der Waals surface area contributed by atoms with Gasteiger partial charge in [-0.25, -0.2) is 0 Å². The van der Waals surface area contributed by atoms with Crippen molar-refractivity contribution in [3.8, 4) is 0 Å². The summed E-state index contributed by atoms with van der Waals surface area (Å²) in [6, 6.07) is 8.37. The Kier molecular flexibility index (Phi) is 4.35. The number of unbranched alkanes of at least 4 members (excludes halogenated alkanes) is 1. The van der Waals surface area contributed by atoms with Gasteiger partial charge in [-0.1, -0.05) is 50.1 Å². The van der Waals surface area contributed by atoms with Crippen molar-refractivity contribution >= 4 is 11.8 Å². The van der Waals surface area contributed by atoms with Crippen molar-refractivity contribution in [2.45, 2.75) is 26.2 Å². The number of nitrogens with one attached hydrogen (secondary N) is 1. The topological polar surface area (TPSA) is 24.4 Å². The van der Waals surface area contributed by atoms with Gasteiger partial charge in [0.15, 0.2) is 0 Å². The molecule has 0 amide bonds. The van der Waals surface area contributed by atoms with Crippen LogP contribution in [0, 0.1) is 5.92 Å². The molecule has 0 bridgehead atoms. The molecule has 2 rings (SSSR count). The van der Waals surface area contributed by atoms with Gasteiger partial charge in [0.1, 0.15) is 0 Å². The summed E-state index contributed by atoms with van der Waals surface area (Å²) in [6.07, 6.45) is 9.46. The second-order valence-corrected chi connectivity index (χ2v) is 4.53. The first-order chi connectivity index (χ1) is 8.86. The fraction of sp³-hybridized carbons (Fsp3) is 0.312. The highest BCUT2D eigenvalue weighted by molar-refractivity contribution is 6.06. The predicted molar refractivity (Wildman–Crippen MR) is 78.4 cm³/mol. The van der Waals surface area contributed by atoms with Gasteiger partial charge in [-0.05, 0) is 18.1 Å². The molecule has 1 aromatic carbocycles. The van der Waals surface area contributed by atoms with Crippen molar-refractivity contribution in [2.75, 3.05) is 0 Å². The minimum Gasteiger partial charge on any atom is -0.285 e. The third kappa shape index (κ3) is 2.70. The Hall–Kier alpha value is -1.83. The van der Waals surface area contributed by atoms with Crippen molar-refractivity contribution < 1.29 is 0 Å². The molecule has 0 saturated heterocycles. The molecular formula is C16H20N2. The van der Waals surface area contributed by atoms with E-state index in [0.717, 1.165) is 12.1 Å². The lowest BCUT2D eigenvalue weighted by Crippen LogP contribution is -2.16. The van der Waals surface area contributed by atoms with Gasteiger partial charge in [0.05, 0.1) is 5.71 Å². The molecule has 0 radical (unpaired) electrons. The molecule has 1 heterocycles. The van der Waals surface area contributed by atoms with E-state index in [1.807, 2.05) is 12.3 Å². The zero-order valence-electron chi connectivity index (χ0n) is 10.9. The van der Waals surface area contributed by atoms with Crippen LogP contribution >= 0.6 is 0 Å². The maximum Gasteiger partial charge on any atom is 0.0753 e. The molecule has 1 aliphatic rings. The van der Waals surface area contributed by atoms with Gasteiger partial charge in [-0.15, -0.1) is 6.58 Å². The van der Waals surface area contributed by atoms with Gasteiger partial charge < -0.3 is 0 Å². The maximum atomic E-state index is 4.50. The molecule has 2 heteroatoms. The minimum atomic E-state index is 0.318. The smallest absolute Gasteiger partial charge is 0.0753 e. The third-order valence-electron chi connectivity index (χ3n) is 3.26. The van der Waals surface area contributed by atoms with Crippen LogP contribution in [0.4, 0.5) is 0 Å². The molecule has 1 atom stereocenters. The Morgan fingerprint density at radius 1 is 1.39 bits per heavy atom. The van der Waals surface area contributed by atoms with Gasteiger partial charge in [-0.2, -0.15) is 5.10 Å². The van der Waals surface area contributed by atoms with E-state index in [0.29, 0.717) is 5.92 Å². The van der Waals surface area contributed by atoms with Crippen LogP contribution < -0.4 is 5.43 Å². The van der Waals surface area contributed by atoms with Crippen molar-refractivity contribution in [1.29, 1.82) is 0 Å². The number of nitrogens with zero attached hydrogens (tertiary/aromatic N) is 1. The molecular weight excluding hydrogens is 220 g/mol. The van der Waals surface area contributed by atoms with Gasteiger partial charge in [0, 0.05) is 17.7 Å². The monoisotopic (exact) mass is 240 g/mol. The van der Waals surface area contributed by atoms with Crippen LogP contribution in [0.5, 0.6) is 0 Å². The van der Waals surface area contributed by atoms with E-state index in [9.17, 15) is 0 Å². The molecule has 0 aromatic heterocycles. The minimum absolute atomic E-state index is 0.318. The molecule has 0 aliphatic carbocycles. The first kappa shape index (κ1) is 12.6. The van der Waals surface area contributed by atoms with Gasteiger partial charge >= 0.3 is 0 Å². The Labute approximate surface area is 109 Å². The summed E-state index contributed by atoms with van der Waals surface area (Å²) < 4.78 is 0. The third-order valence-corrected chi connectivity index (χ3v) is 3.26. The van der Waals surface area contributed by atoms with Gasteiger partial charge in [-0.3, -0.25) is 5.43 Å². The molecule has 2 nitrogen and oxygen atoms in total. The fourth-order valence-corrected chi connectivity index (χ4v) is 2.24. The summed E-state index contributed by atoms with van der Waals surface area (Å²) in [6.45, 7) is 6.17. The number of rotatable bonds is 5. The number of hydrogen-bond acceptors (Lipinski definition) is 2. The van der Waals surface area contributed by atoms with E-state index in [4.69, 9.17) is 0 Å².